The van der Waals surface area contributed by atoms with E-state index < -0.39 is 0 Å². The van der Waals surface area contributed by atoms with Gasteiger partial charge in [-0.15, -0.1) is 0 Å². The van der Waals surface area contributed by atoms with Gasteiger partial charge in [0.15, 0.2) is 5.89 Å². The van der Waals surface area contributed by atoms with Crippen molar-refractivity contribution in [3.05, 3.63) is 41.6 Å². The first-order valence-corrected chi connectivity index (χ1v) is 8.28. The monoisotopic (exact) mass is 330 g/mol. The Labute approximate surface area is 141 Å². The highest BCUT2D eigenvalue weighted by molar-refractivity contribution is 6.03. The van der Waals surface area contributed by atoms with Crippen LogP contribution in [-0.4, -0.2) is 30.2 Å². The maximum absolute atomic E-state index is 12.5. The smallest absolute Gasteiger partial charge is 0.293 e. The van der Waals surface area contributed by atoms with E-state index in [9.17, 15) is 4.79 Å². The number of aryl methyl sites for hydroxylation is 2. The van der Waals surface area contributed by atoms with Crippen LogP contribution in [0.25, 0.3) is 0 Å². The van der Waals surface area contributed by atoms with E-state index in [1.54, 1.807) is 13.0 Å². The van der Waals surface area contributed by atoms with Crippen LogP contribution < -0.4 is 10.1 Å². The molecule has 24 heavy (non-hydrogen) atoms. The number of hydrogen-bond acceptors (Lipinski definition) is 5. The average molecular weight is 330 g/mol. The fourth-order valence-corrected chi connectivity index (χ4v) is 2.65. The van der Waals surface area contributed by atoms with Crippen molar-refractivity contribution in [3.8, 4) is 5.75 Å². The van der Waals surface area contributed by atoms with Crippen LogP contribution in [0.15, 0.2) is 28.7 Å². The summed E-state index contributed by atoms with van der Waals surface area (Å²) in [5.74, 6) is 1.09. The molecule has 0 aliphatic carbocycles. The zero-order valence-electron chi connectivity index (χ0n) is 14.0. The molecule has 1 aromatic carbocycles. The third-order valence-corrected chi connectivity index (χ3v) is 3.93. The van der Waals surface area contributed by atoms with E-state index in [-0.39, 0.29) is 17.8 Å². The average Bonchev–Trinajstić information content (AvgIpc) is 3.23. The number of carbonyl (C=O) groups is 1. The van der Waals surface area contributed by atoms with Crippen LogP contribution in [0.2, 0.25) is 0 Å². The Morgan fingerprint density at radius 2 is 2.25 bits per heavy atom. The summed E-state index contributed by atoms with van der Waals surface area (Å²) in [6, 6.07) is 7.35. The predicted molar refractivity (Wildman–Crippen MR) is 89.5 cm³/mol. The molecule has 1 atom stereocenters. The number of carbonyl (C=O) groups excluding carboxylic acids is 1. The van der Waals surface area contributed by atoms with Crippen LogP contribution in [0.5, 0.6) is 5.75 Å². The molecule has 1 aliphatic heterocycles. The van der Waals surface area contributed by atoms with Crippen molar-refractivity contribution in [1.82, 2.24) is 4.98 Å². The van der Waals surface area contributed by atoms with Gasteiger partial charge in [0.2, 0.25) is 5.76 Å². The molecule has 0 radical (unpaired) electrons. The van der Waals surface area contributed by atoms with Crippen LogP contribution >= 0.6 is 0 Å². The van der Waals surface area contributed by atoms with Crippen LogP contribution in [0.1, 0.15) is 41.9 Å². The zero-order chi connectivity index (χ0) is 16.9. The summed E-state index contributed by atoms with van der Waals surface area (Å²) in [6.07, 6.45) is 2.84. The summed E-state index contributed by atoms with van der Waals surface area (Å²) in [4.78, 5) is 16.7. The molecule has 1 aliphatic rings. The SMILES string of the molecule is CCc1nc(C)c(C(=O)Nc2ccccc2OCC2CCCO2)o1. The number of nitrogens with one attached hydrogen (secondary N) is 1. The lowest BCUT2D eigenvalue weighted by molar-refractivity contribution is 0.0681. The van der Waals surface area contributed by atoms with Gasteiger partial charge in [-0.25, -0.2) is 4.98 Å². The molecular formula is C18H22N2O4. The van der Waals surface area contributed by atoms with Gasteiger partial charge in [0.25, 0.3) is 5.91 Å². The third-order valence-electron chi connectivity index (χ3n) is 3.93. The fourth-order valence-electron chi connectivity index (χ4n) is 2.65. The molecule has 1 fully saturated rings. The zero-order valence-corrected chi connectivity index (χ0v) is 14.0. The molecule has 1 unspecified atom stereocenters. The van der Waals surface area contributed by atoms with Gasteiger partial charge in [-0.1, -0.05) is 19.1 Å². The molecule has 128 valence electrons. The number of benzene rings is 1. The number of aromatic nitrogens is 1. The Hall–Kier alpha value is -2.34. The highest BCUT2D eigenvalue weighted by Gasteiger charge is 2.20. The molecule has 6 heteroatoms. The maximum atomic E-state index is 12.5. The first-order valence-electron chi connectivity index (χ1n) is 8.28. The first-order chi connectivity index (χ1) is 11.7. The Balaban J connectivity index is 1.69. The quantitative estimate of drug-likeness (QED) is 0.879. The highest BCUT2D eigenvalue weighted by atomic mass is 16.5. The van der Waals surface area contributed by atoms with Crippen molar-refractivity contribution in [3.63, 3.8) is 0 Å². The molecule has 1 aromatic heterocycles. The van der Waals surface area contributed by atoms with E-state index in [2.05, 4.69) is 10.3 Å². The molecule has 0 spiro atoms. The second-order valence-electron chi connectivity index (χ2n) is 5.77. The van der Waals surface area contributed by atoms with Gasteiger partial charge < -0.3 is 19.2 Å². The number of ether oxygens (including phenoxy) is 2. The standard InChI is InChI=1S/C18H22N2O4/c1-3-16-19-12(2)17(24-16)18(21)20-14-8-4-5-9-15(14)23-11-13-7-6-10-22-13/h4-5,8-9,13H,3,6-7,10-11H2,1-2H3,(H,20,21). The number of amides is 1. The first kappa shape index (κ1) is 16.5. The van der Waals surface area contributed by atoms with E-state index in [4.69, 9.17) is 13.9 Å². The summed E-state index contributed by atoms with van der Waals surface area (Å²) < 4.78 is 16.9. The number of rotatable bonds is 6. The highest BCUT2D eigenvalue weighted by Crippen LogP contribution is 2.26. The van der Waals surface area contributed by atoms with E-state index in [0.29, 0.717) is 36.0 Å². The van der Waals surface area contributed by atoms with Crippen LogP contribution in [0.4, 0.5) is 5.69 Å². The molecule has 3 rings (SSSR count). The summed E-state index contributed by atoms with van der Waals surface area (Å²) in [6.45, 7) is 4.96. The van der Waals surface area contributed by atoms with Gasteiger partial charge in [-0.2, -0.15) is 0 Å². The molecule has 2 aromatic rings. The van der Waals surface area contributed by atoms with Gasteiger partial charge >= 0.3 is 0 Å². The van der Waals surface area contributed by atoms with Crippen molar-refractivity contribution < 1.29 is 18.7 Å². The molecule has 1 N–H and O–H groups in total. The van der Waals surface area contributed by atoms with Gasteiger partial charge in [0.05, 0.1) is 17.5 Å². The van der Waals surface area contributed by atoms with Gasteiger partial charge in [0, 0.05) is 13.0 Å². The van der Waals surface area contributed by atoms with Gasteiger partial charge in [-0.3, -0.25) is 4.79 Å². The molecular weight excluding hydrogens is 308 g/mol. The molecule has 0 bridgehead atoms. The lowest BCUT2D eigenvalue weighted by Crippen LogP contribution is -2.18. The number of oxazole rings is 1. The predicted octanol–water partition coefficient (Wildman–Crippen LogP) is 3.36. The third kappa shape index (κ3) is 3.76. The largest absolute Gasteiger partial charge is 0.489 e. The second-order valence-corrected chi connectivity index (χ2v) is 5.77. The second kappa shape index (κ2) is 7.49. The summed E-state index contributed by atoms with van der Waals surface area (Å²) in [5, 5.41) is 2.84. The Kier molecular flexibility index (Phi) is 5.15. The summed E-state index contributed by atoms with van der Waals surface area (Å²) in [7, 11) is 0. The number of anilines is 1. The van der Waals surface area contributed by atoms with Crippen molar-refractivity contribution >= 4 is 11.6 Å². The van der Waals surface area contributed by atoms with E-state index in [1.807, 2.05) is 25.1 Å². The van der Waals surface area contributed by atoms with Crippen molar-refractivity contribution in [2.24, 2.45) is 0 Å². The molecule has 0 saturated carbocycles. The van der Waals surface area contributed by atoms with E-state index >= 15 is 0 Å². The normalized spacial score (nSPS) is 17.0. The lowest BCUT2D eigenvalue weighted by Gasteiger charge is -2.14. The van der Waals surface area contributed by atoms with Gasteiger partial charge in [-0.05, 0) is 31.9 Å². The van der Waals surface area contributed by atoms with Crippen molar-refractivity contribution in [1.29, 1.82) is 0 Å². The van der Waals surface area contributed by atoms with E-state index in [1.165, 1.54) is 0 Å². The van der Waals surface area contributed by atoms with Crippen molar-refractivity contribution in [2.45, 2.75) is 39.2 Å². The van der Waals surface area contributed by atoms with Gasteiger partial charge in [0.1, 0.15) is 12.4 Å². The van der Waals surface area contributed by atoms with Crippen LogP contribution in [-0.2, 0) is 11.2 Å². The minimum atomic E-state index is -0.326. The topological polar surface area (TPSA) is 73.6 Å². The number of para-hydroxylation sites is 2. The number of hydrogen-bond donors (Lipinski definition) is 1. The van der Waals surface area contributed by atoms with Crippen LogP contribution in [0, 0.1) is 6.92 Å². The minimum Gasteiger partial charge on any atom is -0.489 e. The Bertz CT molecular complexity index is 705. The van der Waals surface area contributed by atoms with Crippen molar-refractivity contribution in [2.75, 3.05) is 18.5 Å². The Morgan fingerprint density at radius 1 is 1.42 bits per heavy atom. The molecule has 6 nitrogen and oxygen atoms in total. The molecule has 1 amide bonds. The fraction of sp³-hybridized carbons (Fsp3) is 0.444. The molecule has 2 heterocycles. The molecule has 1 saturated heterocycles. The lowest BCUT2D eigenvalue weighted by atomic mass is 10.2. The van der Waals surface area contributed by atoms with E-state index in [0.717, 1.165) is 19.4 Å². The summed E-state index contributed by atoms with van der Waals surface area (Å²) >= 11 is 0. The summed E-state index contributed by atoms with van der Waals surface area (Å²) in [5.41, 5.74) is 1.19. The Morgan fingerprint density at radius 3 is 2.96 bits per heavy atom. The van der Waals surface area contributed by atoms with Crippen LogP contribution in [0.3, 0.4) is 0 Å². The number of nitrogens with zero attached hydrogens (tertiary/aromatic N) is 1. The maximum Gasteiger partial charge on any atom is 0.293 e. The minimum absolute atomic E-state index is 0.123.